The lowest BCUT2D eigenvalue weighted by atomic mass is 9.86. The number of carbonyl (C=O) groups is 1. The predicted octanol–water partition coefficient (Wildman–Crippen LogP) is 5.63. The maximum Gasteiger partial charge on any atom is 0.222 e. The van der Waals surface area contributed by atoms with Gasteiger partial charge < -0.3 is 19.3 Å². The van der Waals surface area contributed by atoms with Gasteiger partial charge in [-0.3, -0.25) is 9.69 Å². The second kappa shape index (κ2) is 11.7. The highest BCUT2D eigenvalue weighted by molar-refractivity contribution is 6.32. The Hall–Kier alpha value is -2.44. The molecular weight excluding hydrogens is 474 g/mol. The quantitative estimate of drug-likeness (QED) is 0.428. The normalized spacial score (nSPS) is 20.1. The van der Waals surface area contributed by atoms with E-state index in [4.69, 9.17) is 21.1 Å². The van der Waals surface area contributed by atoms with Crippen molar-refractivity contribution in [2.75, 3.05) is 52.3 Å². The maximum atomic E-state index is 11.8. The van der Waals surface area contributed by atoms with Crippen molar-refractivity contribution < 1.29 is 14.3 Å². The van der Waals surface area contributed by atoms with Crippen molar-refractivity contribution in [3.8, 4) is 11.5 Å². The van der Waals surface area contributed by atoms with E-state index in [2.05, 4.69) is 47.9 Å². The van der Waals surface area contributed by atoms with E-state index in [0.717, 1.165) is 37.6 Å². The number of piperazine rings is 1. The summed E-state index contributed by atoms with van der Waals surface area (Å²) in [5.41, 5.74) is 5.14. The number of hydrogen-bond donors (Lipinski definition) is 0. The third-order valence-corrected chi connectivity index (χ3v) is 8.19. The number of ether oxygens (including phenoxy) is 2. The Balaban J connectivity index is 1.42. The minimum atomic E-state index is 0.143. The van der Waals surface area contributed by atoms with E-state index in [1.54, 1.807) is 26.1 Å². The van der Waals surface area contributed by atoms with Crippen LogP contribution in [0.3, 0.4) is 0 Å². The fourth-order valence-electron chi connectivity index (χ4n) is 5.63. The van der Waals surface area contributed by atoms with Crippen LogP contribution in [0, 0.1) is 13.8 Å². The number of rotatable bonds is 8. The fraction of sp³-hybridized carbons (Fsp3) is 0.552. The Labute approximate surface area is 221 Å². The Kier molecular flexibility index (Phi) is 8.68. The van der Waals surface area contributed by atoms with Crippen molar-refractivity contribution in [2.24, 2.45) is 0 Å². The first kappa shape index (κ1) is 26.6. The molecule has 6 nitrogen and oxygen atoms in total. The summed E-state index contributed by atoms with van der Waals surface area (Å²) in [6.45, 7) is 7.99. The summed E-state index contributed by atoms with van der Waals surface area (Å²) >= 11 is 6.25. The predicted molar refractivity (Wildman–Crippen MR) is 147 cm³/mol. The molecule has 0 N–H and O–H groups in total. The van der Waals surface area contributed by atoms with E-state index < -0.39 is 0 Å². The minimum absolute atomic E-state index is 0.143. The monoisotopic (exact) mass is 513 g/mol. The van der Waals surface area contributed by atoms with Gasteiger partial charge >= 0.3 is 0 Å². The van der Waals surface area contributed by atoms with Gasteiger partial charge in [0, 0.05) is 64.0 Å². The summed E-state index contributed by atoms with van der Waals surface area (Å²) in [7, 11) is 5.25. The second-order valence-electron chi connectivity index (χ2n) is 10.2. The van der Waals surface area contributed by atoms with Gasteiger partial charge in [-0.1, -0.05) is 17.7 Å². The van der Waals surface area contributed by atoms with Gasteiger partial charge in [-0.25, -0.2) is 0 Å². The molecule has 196 valence electrons. The maximum absolute atomic E-state index is 11.8. The molecule has 4 rings (SSSR count). The van der Waals surface area contributed by atoms with Gasteiger partial charge in [0.15, 0.2) is 0 Å². The number of fused-ring (bicyclic) bond motifs is 1. The number of hydrogen-bond acceptors (Lipinski definition) is 5. The summed E-state index contributed by atoms with van der Waals surface area (Å²) in [5, 5.41) is 0.651. The highest BCUT2D eigenvalue weighted by Gasteiger charge is 2.36. The van der Waals surface area contributed by atoms with E-state index in [-0.39, 0.29) is 5.91 Å². The van der Waals surface area contributed by atoms with Crippen LogP contribution in [0.4, 0.5) is 5.69 Å². The lowest BCUT2D eigenvalue weighted by Gasteiger charge is -2.49. The van der Waals surface area contributed by atoms with Gasteiger partial charge in [0.25, 0.3) is 0 Å². The van der Waals surface area contributed by atoms with Gasteiger partial charge in [0.05, 0.1) is 18.7 Å². The van der Waals surface area contributed by atoms with E-state index in [9.17, 15) is 4.79 Å². The zero-order valence-corrected chi connectivity index (χ0v) is 23.1. The van der Waals surface area contributed by atoms with Crippen molar-refractivity contribution in [1.82, 2.24) is 9.80 Å². The molecule has 0 spiro atoms. The van der Waals surface area contributed by atoms with Crippen molar-refractivity contribution in [3.63, 3.8) is 0 Å². The van der Waals surface area contributed by atoms with Crippen molar-refractivity contribution in [1.29, 1.82) is 0 Å². The third kappa shape index (κ3) is 5.76. The summed E-state index contributed by atoms with van der Waals surface area (Å²) in [6.07, 6.45) is 4.90. The zero-order chi connectivity index (χ0) is 25.8. The largest absolute Gasteiger partial charge is 0.495 e. The van der Waals surface area contributed by atoms with Crippen LogP contribution >= 0.6 is 11.6 Å². The lowest BCUT2D eigenvalue weighted by molar-refractivity contribution is -0.128. The van der Waals surface area contributed by atoms with Crippen LogP contribution < -0.4 is 14.4 Å². The third-order valence-electron chi connectivity index (χ3n) is 7.87. The molecule has 2 saturated heterocycles. The van der Waals surface area contributed by atoms with Gasteiger partial charge in [-0.2, -0.15) is 0 Å². The molecule has 2 aliphatic heterocycles. The first-order chi connectivity index (χ1) is 17.3. The topological polar surface area (TPSA) is 45.3 Å². The average Bonchev–Trinajstić information content (AvgIpc) is 2.88. The first-order valence-electron chi connectivity index (χ1n) is 13.1. The van der Waals surface area contributed by atoms with Gasteiger partial charge in [0.2, 0.25) is 5.91 Å². The molecule has 0 radical (unpaired) electrons. The van der Waals surface area contributed by atoms with Crippen LogP contribution in [0.5, 0.6) is 11.5 Å². The molecular formula is C29H40ClN3O3. The molecule has 0 aliphatic carbocycles. The van der Waals surface area contributed by atoms with E-state index in [1.807, 2.05) is 6.07 Å². The Morgan fingerprint density at radius 2 is 1.89 bits per heavy atom. The number of halogens is 1. The summed E-state index contributed by atoms with van der Waals surface area (Å²) < 4.78 is 11.5. The van der Waals surface area contributed by atoms with Crippen LogP contribution in [-0.4, -0.2) is 69.2 Å². The fourth-order valence-corrected chi connectivity index (χ4v) is 5.82. The standard InChI is InChI=1S/C29H40ClN3O3/c1-20-21(2)27(36-17-7-10-29(34)31(3)4)14-12-24(20)26-9-6-8-23-19-32(15-16-33(23)26)22-11-13-25(30)28(18-22)35-5/h11-14,18,23,26H,6-10,15-17,19H2,1-5H3/t23-,26+/m0/s1. The van der Waals surface area contributed by atoms with Crippen LogP contribution in [0.2, 0.25) is 5.02 Å². The molecule has 0 saturated carbocycles. The van der Waals surface area contributed by atoms with E-state index in [0.29, 0.717) is 30.1 Å². The number of amides is 1. The summed E-state index contributed by atoms with van der Waals surface area (Å²) in [4.78, 5) is 18.6. The Morgan fingerprint density at radius 1 is 1.08 bits per heavy atom. The highest BCUT2D eigenvalue weighted by atomic mass is 35.5. The van der Waals surface area contributed by atoms with Crippen molar-refractivity contribution in [2.45, 2.75) is 58.0 Å². The second-order valence-corrected chi connectivity index (χ2v) is 10.7. The summed E-state index contributed by atoms with van der Waals surface area (Å²) in [5.74, 6) is 1.81. The number of carbonyl (C=O) groups excluding carboxylic acids is 1. The first-order valence-corrected chi connectivity index (χ1v) is 13.4. The van der Waals surface area contributed by atoms with Crippen LogP contribution in [-0.2, 0) is 4.79 Å². The van der Waals surface area contributed by atoms with Crippen LogP contribution in [0.15, 0.2) is 30.3 Å². The van der Waals surface area contributed by atoms with Gasteiger partial charge in [-0.15, -0.1) is 0 Å². The van der Waals surface area contributed by atoms with E-state index in [1.165, 1.54) is 41.6 Å². The highest BCUT2D eigenvalue weighted by Crippen LogP contribution is 2.40. The molecule has 0 bridgehead atoms. The number of nitrogens with zero attached hydrogens (tertiary/aromatic N) is 3. The molecule has 2 aliphatic rings. The van der Waals surface area contributed by atoms with Crippen LogP contribution in [0.25, 0.3) is 0 Å². The molecule has 2 aromatic carbocycles. The molecule has 2 fully saturated rings. The summed E-state index contributed by atoms with van der Waals surface area (Å²) in [6, 6.07) is 11.5. The van der Waals surface area contributed by atoms with Crippen molar-refractivity contribution >= 4 is 23.2 Å². The number of piperidine rings is 1. The molecule has 1 amide bonds. The SMILES string of the molecule is COc1cc(N2CCN3[C@@H](CCC[C@@H]3c3ccc(OCCCC(=O)N(C)C)c(C)c3C)C2)ccc1Cl. The number of methoxy groups -OCH3 is 1. The molecule has 0 unspecified atom stereocenters. The van der Waals surface area contributed by atoms with Crippen LogP contribution in [0.1, 0.15) is 54.8 Å². The smallest absolute Gasteiger partial charge is 0.222 e. The Morgan fingerprint density at radius 3 is 2.64 bits per heavy atom. The number of anilines is 1. The molecule has 2 aromatic rings. The van der Waals surface area contributed by atoms with Gasteiger partial charge in [0.1, 0.15) is 11.5 Å². The molecule has 7 heteroatoms. The number of benzene rings is 2. The lowest BCUT2D eigenvalue weighted by Crippen LogP contribution is -2.56. The van der Waals surface area contributed by atoms with Gasteiger partial charge in [-0.05, 0) is 74.4 Å². The Bertz CT molecular complexity index is 1070. The molecule has 0 aromatic heterocycles. The molecule has 2 atom stereocenters. The minimum Gasteiger partial charge on any atom is -0.495 e. The van der Waals surface area contributed by atoms with E-state index >= 15 is 0 Å². The van der Waals surface area contributed by atoms with Crippen molar-refractivity contribution in [3.05, 3.63) is 52.0 Å². The average molecular weight is 514 g/mol. The zero-order valence-electron chi connectivity index (χ0n) is 22.3. The molecule has 2 heterocycles. The molecule has 36 heavy (non-hydrogen) atoms.